The quantitative estimate of drug-likeness (QED) is 0.712. The summed E-state index contributed by atoms with van der Waals surface area (Å²) < 4.78 is 17.2. The van der Waals surface area contributed by atoms with Crippen molar-refractivity contribution in [2.24, 2.45) is 0 Å². The molecule has 0 spiro atoms. The number of hydrogen-bond acceptors (Lipinski definition) is 4. The number of rotatable bonds is 6. The molecule has 0 saturated heterocycles. The number of amides is 1. The Bertz CT molecular complexity index is 745. The number of ether oxygens (including phenoxy) is 3. The van der Waals surface area contributed by atoms with Crippen LogP contribution in [0, 0.1) is 0 Å². The number of methoxy groups -OCH3 is 2. The highest BCUT2D eigenvalue weighted by molar-refractivity contribution is 9.10. The van der Waals surface area contributed by atoms with E-state index in [1.807, 2.05) is 24.3 Å². The van der Waals surface area contributed by atoms with E-state index in [0.717, 1.165) is 18.6 Å². The lowest BCUT2D eigenvalue weighted by Gasteiger charge is -2.14. The van der Waals surface area contributed by atoms with Crippen LogP contribution in [0.5, 0.6) is 17.2 Å². The van der Waals surface area contributed by atoms with Crippen molar-refractivity contribution in [3.8, 4) is 17.2 Å². The number of nitrogens with one attached hydrogen (secondary N) is 1. The number of benzene rings is 2. The van der Waals surface area contributed by atoms with Gasteiger partial charge in [-0.25, -0.2) is 0 Å². The fraction of sp³-hybridized carbons (Fsp3) is 0.350. The maximum Gasteiger partial charge on any atom is 0.255 e. The molecule has 6 heteroatoms. The zero-order valence-electron chi connectivity index (χ0n) is 14.9. The summed E-state index contributed by atoms with van der Waals surface area (Å²) >= 11 is 3.40. The molecule has 3 rings (SSSR count). The van der Waals surface area contributed by atoms with E-state index < -0.39 is 0 Å². The van der Waals surface area contributed by atoms with E-state index >= 15 is 0 Å². The van der Waals surface area contributed by atoms with Crippen molar-refractivity contribution in [2.75, 3.05) is 19.5 Å². The highest BCUT2D eigenvalue weighted by atomic mass is 79.9. The SMILES string of the molecule is COc1cc(C(=O)Nc2ccc(OC3CCCC3)cc2)cc(OC)c1Br. The zero-order chi connectivity index (χ0) is 18.5. The first-order chi connectivity index (χ1) is 12.6. The minimum absolute atomic E-state index is 0.237. The van der Waals surface area contributed by atoms with Gasteiger partial charge in [0.2, 0.25) is 0 Å². The molecule has 0 unspecified atom stereocenters. The van der Waals surface area contributed by atoms with Crippen LogP contribution in [0.3, 0.4) is 0 Å². The van der Waals surface area contributed by atoms with Gasteiger partial charge in [-0.2, -0.15) is 0 Å². The highest BCUT2D eigenvalue weighted by Crippen LogP contribution is 2.35. The van der Waals surface area contributed by atoms with Gasteiger partial charge in [0.1, 0.15) is 21.7 Å². The Labute approximate surface area is 161 Å². The van der Waals surface area contributed by atoms with Gasteiger partial charge in [0.05, 0.1) is 20.3 Å². The third-order valence-corrected chi connectivity index (χ3v) is 5.21. The summed E-state index contributed by atoms with van der Waals surface area (Å²) in [4.78, 5) is 12.6. The highest BCUT2D eigenvalue weighted by Gasteiger charge is 2.17. The number of carbonyl (C=O) groups excluding carboxylic acids is 1. The standard InChI is InChI=1S/C20H22BrNO4/c1-24-17-11-13(12-18(25-2)19(17)21)20(23)22-14-7-9-16(10-8-14)26-15-5-3-4-6-15/h7-12,15H,3-6H2,1-2H3,(H,22,23). The minimum Gasteiger partial charge on any atom is -0.495 e. The Morgan fingerprint density at radius 2 is 1.62 bits per heavy atom. The van der Waals surface area contributed by atoms with Gasteiger partial charge in [-0.05, 0) is 78.0 Å². The molecule has 0 atom stereocenters. The first-order valence-electron chi connectivity index (χ1n) is 8.60. The van der Waals surface area contributed by atoms with Crippen LogP contribution in [-0.2, 0) is 0 Å². The lowest BCUT2D eigenvalue weighted by Crippen LogP contribution is -2.13. The molecular weight excluding hydrogens is 398 g/mol. The molecule has 1 saturated carbocycles. The predicted octanol–water partition coefficient (Wildman–Crippen LogP) is 5.04. The molecule has 2 aromatic carbocycles. The Balaban J connectivity index is 1.69. The van der Waals surface area contributed by atoms with Crippen molar-refractivity contribution < 1.29 is 19.0 Å². The molecule has 0 aliphatic heterocycles. The summed E-state index contributed by atoms with van der Waals surface area (Å²) in [6, 6.07) is 10.8. The fourth-order valence-corrected chi connectivity index (χ4v) is 3.57. The van der Waals surface area contributed by atoms with Crippen molar-refractivity contribution in [3.63, 3.8) is 0 Å². The summed E-state index contributed by atoms with van der Waals surface area (Å²) in [7, 11) is 3.09. The monoisotopic (exact) mass is 419 g/mol. The number of anilines is 1. The van der Waals surface area contributed by atoms with Gasteiger partial charge in [0.25, 0.3) is 5.91 Å². The van der Waals surface area contributed by atoms with E-state index in [1.54, 1.807) is 26.4 Å². The molecule has 26 heavy (non-hydrogen) atoms. The van der Waals surface area contributed by atoms with E-state index in [9.17, 15) is 4.79 Å². The van der Waals surface area contributed by atoms with Gasteiger partial charge in [0, 0.05) is 11.3 Å². The average Bonchev–Trinajstić information content (AvgIpc) is 3.16. The molecule has 1 aliphatic rings. The lowest BCUT2D eigenvalue weighted by atomic mass is 10.1. The number of hydrogen-bond donors (Lipinski definition) is 1. The zero-order valence-corrected chi connectivity index (χ0v) is 16.5. The summed E-state index contributed by atoms with van der Waals surface area (Å²) in [6.45, 7) is 0. The second-order valence-corrected chi connectivity index (χ2v) is 6.99. The van der Waals surface area contributed by atoms with Crippen LogP contribution in [0.1, 0.15) is 36.0 Å². The average molecular weight is 420 g/mol. The van der Waals surface area contributed by atoms with E-state index in [0.29, 0.717) is 33.3 Å². The van der Waals surface area contributed by atoms with Crippen LogP contribution in [-0.4, -0.2) is 26.2 Å². The van der Waals surface area contributed by atoms with Crippen LogP contribution in [0.2, 0.25) is 0 Å². The van der Waals surface area contributed by atoms with Crippen LogP contribution >= 0.6 is 15.9 Å². The van der Waals surface area contributed by atoms with Gasteiger partial charge in [-0.3, -0.25) is 4.79 Å². The van der Waals surface area contributed by atoms with Crippen molar-refractivity contribution >= 4 is 27.5 Å². The first kappa shape index (κ1) is 18.6. The normalized spacial score (nSPS) is 14.1. The smallest absolute Gasteiger partial charge is 0.255 e. The molecular formula is C20H22BrNO4. The Morgan fingerprint density at radius 1 is 1.04 bits per heavy atom. The van der Waals surface area contributed by atoms with Gasteiger partial charge >= 0.3 is 0 Å². The summed E-state index contributed by atoms with van der Waals surface area (Å²) in [6.07, 6.45) is 5.02. The van der Waals surface area contributed by atoms with Gasteiger partial charge in [-0.15, -0.1) is 0 Å². The fourth-order valence-electron chi connectivity index (χ4n) is 3.02. The molecule has 0 bridgehead atoms. The second-order valence-electron chi connectivity index (χ2n) is 6.20. The Morgan fingerprint density at radius 3 is 2.15 bits per heavy atom. The first-order valence-corrected chi connectivity index (χ1v) is 9.39. The van der Waals surface area contributed by atoms with E-state index in [4.69, 9.17) is 14.2 Å². The Hall–Kier alpha value is -2.21. The van der Waals surface area contributed by atoms with Crippen LogP contribution in [0.25, 0.3) is 0 Å². The molecule has 138 valence electrons. The molecule has 1 fully saturated rings. The summed E-state index contributed by atoms with van der Waals surface area (Å²) in [5.74, 6) is 1.67. The van der Waals surface area contributed by atoms with Crippen LogP contribution in [0.4, 0.5) is 5.69 Å². The summed E-state index contributed by atoms with van der Waals surface area (Å²) in [5.41, 5.74) is 1.16. The van der Waals surface area contributed by atoms with E-state index in [1.165, 1.54) is 12.8 Å². The van der Waals surface area contributed by atoms with Crippen molar-refractivity contribution in [3.05, 3.63) is 46.4 Å². The topological polar surface area (TPSA) is 56.8 Å². The van der Waals surface area contributed by atoms with Gasteiger partial charge in [-0.1, -0.05) is 0 Å². The van der Waals surface area contributed by atoms with E-state index in [-0.39, 0.29) is 5.91 Å². The maximum absolute atomic E-state index is 12.6. The van der Waals surface area contributed by atoms with Crippen molar-refractivity contribution in [1.29, 1.82) is 0 Å². The molecule has 5 nitrogen and oxygen atoms in total. The maximum atomic E-state index is 12.6. The van der Waals surface area contributed by atoms with Gasteiger partial charge < -0.3 is 19.5 Å². The van der Waals surface area contributed by atoms with Crippen molar-refractivity contribution in [2.45, 2.75) is 31.8 Å². The van der Waals surface area contributed by atoms with Crippen LogP contribution in [0.15, 0.2) is 40.9 Å². The molecule has 1 aliphatic carbocycles. The molecule has 1 N–H and O–H groups in total. The van der Waals surface area contributed by atoms with Crippen LogP contribution < -0.4 is 19.5 Å². The largest absolute Gasteiger partial charge is 0.495 e. The summed E-state index contributed by atoms with van der Waals surface area (Å²) in [5, 5.41) is 2.88. The Kier molecular flexibility index (Phi) is 6.04. The minimum atomic E-state index is -0.237. The lowest BCUT2D eigenvalue weighted by molar-refractivity contribution is 0.102. The third kappa shape index (κ3) is 4.30. The molecule has 2 aromatic rings. The second kappa shape index (κ2) is 8.45. The third-order valence-electron chi connectivity index (χ3n) is 4.43. The predicted molar refractivity (Wildman–Crippen MR) is 105 cm³/mol. The van der Waals surface area contributed by atoms with Crippen molar-refractivity contribution in [1.82, 2.24) is 0 Å². The molecule has 0 radical (unpaired) electrons. The van der Waals surface area contributed by atoms with E-state index in [2.05, 4.69) is 21.2 Å². The molecule has 0 heterocycles. The van der Waals surface area contributed by atoms with Gasteiger partial charge in [0.15, 0.2) is 0 Å². The number of halogens is 1. The molecule has 1 amide bonds. The number of carbonyl (C=O) groups is 1. The molecule has 0 aromatic heterocycles.